The van der Waals surface area contributed by atoms with E-state index in [1.165, 1.54) is 12.1 Å². The van der Waals surface area contributed by atoms with Crippen molar-refractivity contribution in [2.24, 2.45) is 5.92 Å². The maximum Gasteiger partial charge on any atom is 0.416 e. The third-order valence-electron chi connectivity index (χ3n) is 6.52. The van der Waals surface area contributed by atoms with Crippen molar-refractivity contribution in [1.82, 2.24) is 9.80 Å². The van der Waals surface area contributed by atoms with Gasteiger partial charge >= 0.3 is 12.1 Å². The summed E-state index contributed by atoms with van der Waals surface area (Å²) in [5.74, 6) is -0.145. The van der Waals surface area contributed by atoms with Crippen molar-refractivity contribution in [2.45, 2.75) is 45.6 Å². The second-order valence-electron chi connectivity index (χ2n) is 9.43. The van der Waals surface area contributed by atoms with E-state index in [9.17, 15) is 22.8 Å². The summed E-state index contributed by atoms with van der Waals surface area (Å²) in [6, 6.07) is 18.2. The first-order valence-corrected chi connectivity index (χ1v) is 12.7. The molecule has 1 amide bonds. The van der Waals surface area contributed by atoms with Crippen LogP contribution in [0.1, 0.15) is 52.8 Å². The third kappa shape index (κ3) is 7.25. The maximum atomic E-state index is 13.1. The van der Waals surface area contributed by atoms with E-state index in [4.69, 9.17) is 9.15 Å². The molecule has 1 aliphatic rings. The van der Waals surface area contributed by atoms with Crippen LogP contribution in [0.2, 0.25) is 0 Å². The molecule has 1 aliphatic heterocycles. The number of ether oxygens (including phenoxy) is 1. The number of rotatable bonds is 9. The molecule has 1 saturated heterocycles. The number of alkyl halides is 3. The number of benzene rings is 2. The van der Waals surface area contributed by atoms with E-state index in [1.54, 1.807) is 24.0 Å². The highest BCUT2D eigenvalue weighted by molar-refractivity contribution is 5.92. The number of furan rings is 1. The van der Waals surface area contributed by atoms with Gasteiger partial charge < -0.3 is 14.1 Å². The van der Waals surface area contributed by atoms with Gasteiger partial charge in [0.15, 0.2) is 5.76 Å². The molecule has 2 heterocycles. The fourth-order valence-electron chi connectivity index (χ4n) is 4.63. The van der Waals surface area contributed by atoms with Gasteiger partial charge in [-0.25, -0.2) is 0 Å². The summed E-state index contributed by atoms with van der Waals surface area (Å²) in [6.45, 7) is 4.18. The van der Waals surface area contributed by atoms with Gasteiger partial charge in [-0.1, -0.05) is 42.5 Å². The van der Waals surface area contributed by atoms with Crippen LogP contribution in [0.4, 0.5) is 13.2 Å². The molecule has 202 valence electrons. The van der Waals surface area contributed by atoms with Crippen molar-refractivity contribution in [3.8, 4) is 0 Å². The lowest BCUT2D eigenvalue weighted by molar-refractivity contribution is -0.149. The van der Waals surface area contributed by atoms with Crippen LogP contribution in [0.25, 0.3) is 0 Å². The molecule has 38 heavy (non-hydrogen) atoms. The molecule has 0 spiro atoms. The Morgan fingerprint density at radius 1 is 0.974 bits per heavy atom. The molecule has 9 heteroatoms. The van der Waals surface area contributed by atoms with E-state index in [0.29, 0.717) is 57.9 Å². The predicted octanol–water partition coefficient (Wildman–Crippen LogP) is 5.92. The zero-order chi connectivity index (χ0) is 27.1. The van der Waals surface area contributed by atoms with E-state index >= 15 is 0 Å². The van der Waals surface area contributed by atoms with Gasteiger partial charge in [-0.05, 0) is 55.2 Å². The van der Waals surface area contributed by atoms with Crippen LogP contribution in [0.3, 0.4) is 0 Å². The molecule has 1 atom stereocenters. The zero-order valence-electron chi connectivity index (χ0n) is 21.2. The first kappa shape index (κ1) is 27.4. The molecule has 4 rings (SSSR count). The van der Waals surface area contributed by atoms with Crippen LogP contribution >= 0.6 is 0 Å². The van der Waals surface area contributed by atoms with Crippen LogP contribution in [0.5, 0.6) is 0 Å². The quantitative estimate of drug-likeness (QED) is 0.323. The summed E-state index contributed by atoms with van der Waals surface area (Å²) in [5, 5.41) is 0. The largest absolute Gasteiger partial charge is 0.466 e. The van der Waals surface area contributed by atoms with Crippen molar-refractivity contribution < 1.29 is 31.9 Å². The van der Waals surface area contributed by atoms with E-state index < -0.39 is 11.7 Å². The minimum atomic E-state index is -4.38. The van der Waals surface area contributed by atoms with Crippen molar-refractivity contribution >= 4 is 11.9 Å². The number of halogens is 3. The topological polar surface area (TPSA) is 63.0 Å². The van der Waals surface area contributed by atoms with Crippen LogP contribution in [-0.2, 0) is 35.3 Å². The summed E-state index contributed by atoms with van der Waals surface area (Å²) < 4.78 is 50.0. The maximum absolute atomic E-state index is 13.1. The summed E-state index contributed by atoms with van der Waals surface area (Å²) >= 11 is 0. The van der Waals surface area contributed by atoms with Crippen molar-refractivity contribution in [3.05, 3.63) is 94.9 Å². The normalized spacial score (nSPS) is 16.0. The highest BCUT2D eigenvalue weighted by Gasteiger charge is 2.31. The number of hydrogen-bond acceptors (Lipinski definition) is 5. The number of esters is 1. The van der Waals surface area contributed by atoms with Gasteiger partial charge in [0, 0.05) is 26.2 Å². The summed E-state index contributed by atoms with van der Waals surface area (Å²) in [6.07, 6.45) is -2.99. The molecule has 0 N–H and O–H groups in total. The second kappa shape index (κ2) is 12.3. The Balaban J connectivity index is 1.45. The van der Waals surface area contributed by atoms with E-state index in [1.807, 2.05) is 35.2 Å². The predicted molar refractivity (Wildman–Crippen MR) is 135 cm³/mol. The summed E-state index contributed by atoms with van der Waals surface area (Å²) in [7, 11) is 0. The number of amides is 1. The smallest absolute Gasteiger partial charge is 0.416 e. The Bertz CT molecular complexity index is 1210. The summed E-state index contributed by atoms with van der Waals surface area (Å²) in [5.41, 5.74) is 1.09. The number of carbonyl (C=O) groups excluding carboxylic acids is 2. The lowest BCUT2D eigenvalue weighted by Crippen LogP contribution is -2.42. The van der Waals surface area contributed by atoms with Crippen LogP contribution in [0, 0.1) is 5.92 Å². The third-order valence-corrected chi connectivity index (χ3v) is 6.52. The molecule has 0 bridgehead atoms. The molecule has 0 radical (unpaired) electrons. The average Bonchev–Trinajstić information content (AvgIpc) is 3.37. The fourth-order valence-corrected chi connectivity index (χ4v) is 4.63. The molecule has 3 aromatic rings. The van der Waals surface area contributed by atoms with Gasteiger partial charge in [0.2, 0.25) is 0 Å². The zero-order valence-corrected chi connectivity index (χ0v) is 21.2. The second-order valence-corrected chi connectivity index (χ2v) is 9.43. The molecule has 0 aliphatic carbocycles. The molecule has 2 aromatic carbocycles. The minimum Gasteiger partial charge on any atom is -0.466 e. The summed E-state index contributed by atoms with van der Waals surface area (Å²) in [4.78, 5) is 28.9. The minimum absolute atomic E-state index is 0.193. The van der Waals surface area contributed by atoms with Gasteiger partial charge in [0.1, 0.15) is 5.76 Å². The molecule has 6 nitrogen and oxygen atoms in total. The monoisotopic (exact) mass is 528 g/mol. The molecular weight excluding hydrogens is 497 g/mol. The number of carbonyl (C=O) groups is 2. The number of piperidine rings is 1. The highest BCUT2D eigenvalue weighted by atomic mass is 19.4. The first-order valence-electron chi connectivity index (χ1n) is 12.7. The lowest BCUT2D eigenvalue weighted by atomic mass is 9.98. The van der Waals surface area contributed by atoms with Gasteiger partial charge in [-0.15, -0.1) is 0 Å². The SMILES string of the molecule is CCOC(=O)C1CCCN(C(=O)c2ccc(CN(Cc3ccccc3)Cc3ccc(C(F)(F)F)cc3)o2)C1. The van der Waals surface area contributed by atoms with Crippen molar-refractivity contribution in [1.29, 1.82) is 0 Å². The Labute approximate surface area is 220 Å². The van der Waals surface area contributed by atoms with Crippen LogP contribution in [0.15, 0.2) is 71.1 Å². The first-order chi connectivity index (χ1) is 18.2. The van der Waals surface area contributed by atoms with E-state index in [-0.39, 0.29) is 23.6 Å². The van der Waals surface area contributed by atoms with Gasteiger partial charge in [-0.3, -0.25) is 14.5 Å². The van der Waals surface area contributed by atoms with Gasteiger partial charge in [0.05, 0.1) is 24.6 Å². The Hall–Kier alpha value is -3.59. The number of hydrogen-bond donors (Lipinski definition) is 0. The standard InChI is InChI=1S/C29H31F3N2O4/c1-2-37-28(36)23-9-6-16-34(19-23)27(35)26-15-14-25(38-26)20-33(17-21-7-4-3-5-8-21)18-22-10-12-24(13-11-22)29(30,31)32/h3-5,7-8,10-15,23H,2,6,9,16-20H2,1H3. The van der Waals surface area contributed by atoms with Crippen LogP contribution < -0.4 is 0 Å². The number of likely N-dealkylation sites (tertiary alicyclic amines) is 1. The van der Waals surface area contributed by atoms with Crippen molar-refractivity contribution in [3.63, 3.8) is 0 Å². The van der Waals surface area contributed by atoms with Crippen LogP contribution in [-0.4, -0.2) is 41.4 Å². The molecular formula is C29H31F3N2O4. The van der Waals surface area contributed by atoms with E-state index in [0.717, 1.165) is 23.3 Å². The van der Waals surface area contributed by atoms with E-state index in [2.05, 4.69) is 0 Å². The van der Waals surface area contributed by atoms with Gasteiger partial charge in [0.25, 0.3) is 5.91 Å². The van der Waals surface area contributed by atoms with Crippen molar-refractivity contribution in [2.75, 3.05) is 19.7 Å². The lowest BCUT2D eigenvalue weighted by Gasteiger charge is -2.30. The molecule has 1 fully saturated rings. The Kier molecular flexibility index (Phi) is 8.89. The van der Waals surface area contributed by atoms with Gasteiger partial charge in [-0.2, -0.15) is 13.2 Å². The Morgan fingerprint density at radius 3 is 2.32 bits per heavy atom. The highest BCUT2D eigenvalue weighted by Crippen LogP contribution is 2.29. The number of nitrogens with zero attached hydrogens (tertiary/aromatic N) is 2. The Morgan fingerprint density at radius 2 is 1.66 bits per heavy atom. The fraction of sp³-hybridized carbons (Fsp3) is 0.379. The molecule has 1 unspecified atom stereocenters. The average molecular weight is 529 g/mol. The molecule has 0 saturated carbocycles. The molecule has 1 aromatic heterocycles.